The van der Waals surface area contributed by atoms with Gasteiger partial charge in [-0.1, -0.05) is 54.9 Å². The van der Waals surface area contributed by atoms with Crippen molar-refractivity contribution in [2.45, 2.75) is 20.0 Å². The highest BCUT2D eigenvalue weighted by molar-refractivity contribution is 9.10. The number of para-hydroxylation sites is 1. The molecule has 37 heavy (non-hydrogen) atoms. The highest BCUT2D eigenvalue weighted by Crippen LogP contribution is 2.37. The summed E-state index contributed by atoms with van der Waals surface area (Å²) in [5, 5.41) is 4.59. The van der Waals surface area contributed by atoms with Crippen molar-refractivity contribution in [2.75, 3.05) is 24.2 Å². The molecule has 0 unspecified atom stereocenters. The topological polar surface area (TPSA) is 97.3 Å². The lowest BCUT2D eigenvalue weighted by Gasteiger charge is -2.23. The van der Waals surface area contributed by atoms with Crippen LogP contribution in [0.15, 0.2) is 70.2 Å². The van der Waals surface area contributed by atoms with Crippen molar-refractivity contribution in [3.8, 4) is 11.5 Å². The second-order valence-corrected chi connectivity index (χ2v) is 11.1. The molecule has 1 amide bonds. The number of rotatable bonds is 11. The highest BCUT2D eigenvalue weighted by Gasteiger charge is 2.22. The third kappa shape index (κ3) is 7.70. The first kappa shape index (κ1) is 28.5. The minimum atomic E-state index is -3.69. The number of hydrazone groups is 1. The van der Waals surface area contributed by atoms with E-state index in [1.54, 1.807) is 30.3 Å². The highest BCUT2D eigenvalue weighted by atomic mass is 79.9. The summed E-state index contributed by atoms with van der Waals surface area (Å²) in [4.78, 5) is 12.6. The number of nitrogens with zero attached hydrogens (tertiary/aromatic N) is 2. The van der Waals surface area contributed by atoms with Gasteiger partial charge in [-0.3, -0.25) is 9.10 Å². The Balaban J connectivity index is 1.70. The Morgan fingerprint density at radius 2 is 1.81 bits per heavy atom. The number of sulfonamides is 1. The van der Waals surface area contributed by atoms with E-state index in [1.165, 1.54) is 13.3 Å². The van der Waals surface area contributed by atoms with Gasteiger partial charge in [0.05, 0.1) is 29.7 Å². The van der Waals surface area contributed by atoms with E-state index in [0.29, 0.717) is 38.7 Å². The molecule has 0 bridgehead atoms. The van der Waals surface area contributed by atoms with Crippen LogP contribution in [0.25, 0.3) is 0 Å². The van der Waals surface area contributed by atoms with Crippen molar-refractivity contribution in [1.29, 1.82) is 0 Å². The maximum atomic E-state index is 12.6. The van der Waals surface area contributed by atoms with Crippen LogP contribution in [0.2, 0.25) is 5.02 Å². The SMILES string of the molecule is CCc1ccccc1N(CC(=O)N/N=C\c1cc(Br)c(OCc2ccccc2Cl)c(OC)c1)S(C)(=O)=O. The Bertz CT molecular complexity index is 1400. The molecule has 1 N–H and O–H groups in total. The first-order chi connectivity index (χ1) is 17.6. The van der Waals surface area contributed by atoms with E-state index in [2.05, 4.69) is 26.5 Å². The van der Waals surface area contributed by atoms with Gasteiger partial charge in [0.25, 0.3) is 5.91 Å². The maximum absolute atomic E-state index is 12.6. The Morgan fingerprint density at radius 3 is 2.46 bits per heavy atom. The molecule has 0 aliphatic heterocycles. The van der Waals surface area contributed by atoms with Crippen LogP contribution >= 0.6 is 27.5 Å². The molecule has 8 nitrogen and oxygen atoms in total. The fourth-order valence-electron chi connectivity index (χ4n) is 3.50. The number of hydrogen-bond donors (Lipinski definition) is 1. The summed E-state index contributed by atoms with van der Waals surface area (Å²) in [6, 6.07) is 17.9. The van der Waals surface area contributed by atoms with E-state index in [4.69, 9.17) is 21.1 Å². The fourth-order valence-corrected chi connectivity index (χ4v) is 5.15. The molecule has 0 saturated carbocycles. The number of benzene rings is 3. The molecule has 0 atom stereocenters. The summed E-state index contributed by atoms with van der Waals surface area (Å²) in [6.07, 6.45) is 3.11. The normalized spacial score (nSPS) is 11.4. The summed E-state index contributed by atoms with van der Waals surface area (Å²) in [5.41, 5.74) is 5.12. The standard InChI is InChI=1S/C26H27BrClN3O5S/c1-4-19-9-6-8-12-23(19)31(37(3,33)34)16-25(32)30-29-15-18-13-21(27)26(24(14-18)35-2)36-17-20-10-5-7-11-22(20)28/h5-15H,4,16-17H2,1-3H3,(H,30,32)/b29-15-. The van der Waals surface area contributed by atoms with Crippen molar-refractivity contribution < 1.29 is 22.7 Å². The zero-order valence-electron chi connectivity index (χ0n) is 20.6. The Morgan fingerprint density at radius 1 is 1.14 bits per heavy atom. The van der Waals surface area contributed by atoms with Gasteiger partial charge >= 0.3 is 0 Å². The predicted octanol–water partition coefficient (Wildman–Crippen LogP) is 5.17. The van der Waals surface area contributed by atoms with Gasteiger partial charge in [-0.2, -0.15) is 5.10 Å². The lowest BCUT2D eigenvalue weighted by atomic mass is 10.1. The lowest BCUT2D eigenvalue weighted by molar-refractivity contribution is -0.119. The van der Waals surface area contributed by atoms with Crippen LogP contribution in [-0.2, 0) is 27.8 Å². The van der Waals surface area contributed by atoms with E-state index >= 15 is 0 Å². The van der Waals surface area contributed by atoms with Gasteiger partial charge in [0.1, 0.15) is 13.2 Å². The summed E-state index contributed by atoms with van der Waals surface area (Å²) < 4.78 is 37.9. The molecular weight excluding hydrogens is 582 g/mol. The zero-order valence-corrected chi connectivity index (χ0v) is 23.7. The number of hydrogen-bond acceptors (Lipinski definition) is 6. The fraction of sp³-hybridized carbons (Fsp3) is 0.231. The van der Waals surface area contributed by atoms with Gasteiger partial charge in [0, 0.05) is 10.6 Å². The van der Waals surface area contributed by atoms with Gasteiger partial charge in [0.15, 0.2) is 11.5 Å². The van der Waals surface area contributed by atoms with Crippen LogP contribution in [-0.4, -0.2) is 40.4 Å². The number of carbonyl (C=O) groups is 1. The molecule has 11 heteroatoms. The van der Waals surface area contributed by atoms with Gasteiger partial charge in [-0.15, -0.1) is 0 Å². The molecule has 3 rings (SSSR count). The second-order valence-electron chi connectivity index (χ2n) is 7.96. The van der Waals surface area contributed by atoms with Crippen molar-refractivity contribution in [3.05, 3.63) is 86.8 Å². The van der Waals surface area contributed by atoms with Crippen LogP contribution in [0.1, 0.15) is 23.6 Å². The Labute approximate surface area is 230 Å². The van der Waals surface area contributed by atoms with Crippen molar-refractivity contribution in [1.82, 2.24) is 5.43 Å². The third-order valence-electron chi connectivity index (χ3n) is 5.31. The van der Waals surface area contributed by atoms with Crippen LogP contribution in [0.3, 0.4) is 0 Å². The smallest absolute Gasteiger partial charge is 0.260 e. The average molecular weight is 609 g/mol. The third-order valence-corrected chi connectivity index (χ3v) is 7.40. The van der Waals surface area contributed by atoms with Crippen LogP contribution in [0, 0.1) is 0 Å². The van der Waals surface area contributed by atoms with E-state index in [9.17, 15) is 13.2 Å². The zero-order chi connectivity index (χ0) is 27.0. The van der Waals surface area contributed by atoms with Gasteiger partial charge in [-0.25, -0.2) is 13.8 Å². The predicted molar refractivity (Wildman–Crippen MR) is 150 cm³/mol. The number of ether oxygens (including phenoxy) is 2. The lowest BCUT2D eigenvalue weighted by Crippen LogP contribution is -2.39. The number of amides is 1. The number of carbonyl (C=O) groups excluding carboxylic acids is 1. The minimum absolute atomic E-state index is 0.246. The second kappa shape index (κ2) is 12.9. The number of aryl methyl sites for hydroxylation is 1. The molecule has 0 spiro atoms. The van der Waals surface area contributed by atoms with Crippen molar-refractivity contribution >= 4 is 55.4 Å². The van der Waals surface area contributed by atoms with Crippen LogP contribution in [0.5, 0.6) is 11.5 Å². The summed E-state index contributed by atoms with van der Waals surface area (Å²) in [6.45, 7) is 1.76. The average Bonchev–Trinajstić information content (AvgIpc) is 2.86. The molecule has 0 aliphatic rings. The molecule has 0 radical (unpaired) electrons. The number of halogens is 2. The van der Waals surface area contributed by atoms with Gasteiger partial charge in [-0.05, 0) is 57.7 Å². The van der Waals surface area contributed by atoms with Gasteiger partial charge < -0.3 is 9.47 Å². The molecule has 0 heterocycles. The summed E-state index contributed by atoms with van der Waals surface area (Å²) in [7, 11) is -2.18. The molecule has 196 valence electrons. The van der Waals surface area contributed by atoms with Crippen LogP contribution in [0.4, 0.5) is 5.69 Å². The molecular formula is C26H27BrClN3O5S. The number of methoxy groups -OCH3 is 1. The van der Waals surface area contributed by atoms with Crippen molar-refractivity contribution in [2.24, 2.45) is 5.10 Å². The molecule has 0 fully saturated rings. The molecule has 0 saturated heterocycles. The first-order valence-electron chi connectivity index (χ1n) is 11.2. The summed E-state index contributed by atoms with van der Waals surface area (Å²) in [5.74, 6) is 0.355. The monoisotopic (exact) mass is 607 g/mol. The van der Waals surface area contributed by atoms with E-state index in [0.717, 1.165) is 21.7 Å². The van der Waals surface area contributed by atoms with E-state index in [1.807, 2.05) is 37.3 Å². The van der Waals surface area contributed by atoms with E-state index in [-0.39, 0.29) is 6.61 Å². The molecule has 3 aromatic rings. The summed E-state index contributed by atoms with van der Waals surface area (Å²) >= 11 is 9.69. The maximum Gasteiger partial charge on any atom is 0.260 e. The number of anilines is 1. The Hall–Kier alpha value is -3.08. The van der Waals surface area contributed by atoms with Gasteiger partial charge in [0.2, 0.25) is 10.0 Å². The van der Waals surface area contributed by atoms with Crippen molar-refractivity contribution in [3.63, 3.8) is 0 Å². The number of nitrogens with one attached hydrogen (secondary N) is 1. The quantitative estimate of drug-likeness (QED) is 0.239. The molecule has 3 aromatic carbocycles. The largest absolute Gasteiger partial charge is 0.493 e. The molecule has 0 aromatic heterocycles. The first-order valence-corrected chi connectivity index (χ1v) is 14.3. The Kier molecular flexibility index (Phi) is 9.96. The van der Waals surface area contributed by atoms with Crippen LogP contribution < -0.4 is 19.2 Å². The molecule has 0 aliphatic carbocycles. The van der Waals surface area contributed by atoms with E-state index < -0.39 is 22.5 Å². The minimum Gasteiger partial charge on any atom is -0.493 e.